The summed E-state index contributed by atoms with van der Waals surface area (Å²) in [6.45, 7) is 3.07. The summed E-state index contributed by atoms with van der Waals surface area (Å²) in [5, 5.41) is 13.5. The Morgan fingerprint density at radius 1 is 1.62 bits per heavy atom. The van der Waals surface area contributed by atoms with Crippen LogP contribution in [0.5, 0.6) is 0 Å². The van der Waals surface area contributed by atoms with Crippen molar-refractivity contribution in [2.24, 2.45) is 0 Å². The van der Waals surface area contributed by atoms with Crippen LogP contribution in [0.4, 0.5) is 0 Å². The number of aliphatic hydroxyl groups is 1. The fourth-order valence-electron chi connectivity index (χ4n) is 1.38. The van der Waals surface area contributed by atoms with Crippen LogP contribution in [0.15, 0.2) is 12.3 Å². The van der Waals surface area contributed by atoms with Gasteiger partial charge in [-0.05, 0) is 18.6 Å². The lowest BCUT2D eigenvalue weighted by Gasteiger charge is -2.37. The maximum absolute atomic E-state index is 9.95. The molecule has 2 rings (SSSR count). The number of nitrogens with zero attached hydrogens (tertiary/aromatic N) is 1. The molecule has 0 amide bonds. The standard InChI is InChI=1S/C9H11ClN2O/c1-6-2-7(3-12-8(6)10)9(13)4-11-5-9/h2-3,11,13H,4-5H2,1H3. The van der Waals surface area contributed by atoms with Crippen LogP contribution in [0.1, 0.15) is 11.1 Å². The molecule has 0 atom stereocenters. The molecule has 0 aliphatic carbocycles. The van der Waals surface area contributed by atoms with E-state index in [1.807, 2.05) is 13.0 Å². The number of hydrogen-bond donors (Lipinski definition) is 2. The van der Waals surface area contributed by atoms with E-state index in [1.54, 1.807) is 6.20 Å². The molecule has 0 bridgehead atoms. The molecule has 70 valence electrons. The van der Waals surface area contributed by atoms with Gasteiger partial charge >= 0.3 is 0 Å². The molecule has 1 aliphatic heterocycles. The fraction of sp³-hybridized carbons (Fsp3) is 0.444. The molecule has 0 aromatic carbocycles. The van der Waals surface area contributed by atoms with Crippen molar-refractivity contribution < 1.29 is 5.11 Å². The summed E-state index contributed by atoms with van der Waals surface area (Å²) in [6.07, 6.45) is 1.64. The Morgan fingerprint density at radius 2 is 2.31 bits per heavy atom. The largest absolute Gasteiger partial charge is 0.382 e. The summed E-state index contributed by atoms with van der Waals surface area (Å²) in [5.74, 6) is 0. The van der Waals surface area contributed by atoms with Crippen molar-refractivity contribution in [3.05, 3.63) is 28.5 Å². The van der Waals surface area contributed by atoms with E-state index in [2.05, 4.69) is 10.3 Å². The normalized spacial score (nSPS) is 19.6. The van der Waals surface area contributed by atoms with E-state index in [4.69, 9.17) is 11.6 Å². The lowest BCUT2D eigenvalue weighted by Crippen LogP contribution is -2.56. The van der Waals surface area contributed by atoms with Crippen molar-refractivity contribution >= 4 is 11.6 Å². The smallest absolute Gasteiger partial charge is 0.131 e. The first kappa shape index (κ1) is 8.94. The van der Waals surface area contributed by atoms with Gasteiger partial charge in [0, 0.05) is 24.8 Å². The maximum Gasteiger partial charge on any atom is 0.131 e. The first-order valence-corrected chi connectivity index (χ1v) is 4.55. The van der Waals surface area contributed by atoms with Gasteiger partial charge in [-0.1, -0.05) is 11.6 Å². The number of pyridine rings is 1. The van der Waals surface area contributed by atoms with Gasteiger partial charge in [-0.2, -0.15) is 0 Å². The third kappa shape index (κ3) is 1.43. The zero-order valence-electron chi connectivity index (χ0n) is 7.34. The molecule has 1 fully saturated rings. The molecule has 0 radical (unpaired) electrons. The average molecular weight is 199 g/mol. The van der Waals surface area contributed by atoms with E-state index in [0.29, 0.717) is 18.2 Å². The van der Waals surface area contributed by atoms with Gasteiger partial charge < -0.3 is 10.4 Å². The molecule has 1 aromatic rings. The minimum Gasteiger partial charge on any atom is -0.382 e. The highest BCUT2D eigenvalue weighted by Gasteiger charge is 2.36. The quantitative estimate of drug-likeness (QED) is 0.658. The summed E-state index contributed by atoms with van der Waals surface area (Å²) >= 11 is 5.78. The molecule has 0 saturated carbocycles. The molecule has 1 aliphatic rings. The maximum atomic E-state index is 9.95. The van der Waals surface area contributed by atoms with Crippen LogP contribution in [-0.4, -0.2) is 23.2 Å². The second-order valence-electron chi connectivity index (χ2n) is 3.47. The molecule has 13 heavy (non-hydrogen) atoms. The second-order valence-corrected chi connectivity index (χ2v) is 3.82. The molecule has 2 heterocycles. The first-order valence-electron chi connectivity index (χ1n) is 4.17. The van der Waals surface area contributed by atoms with E-state index >= 15 is 0 Å². The second kappa shape index (κ2) is 2.94. The molecule has 0 spiro atoms. The predicted octanol–water partition coefficient (Wildman–Crippen LogP) is 0.834. The van der Waals surface area contributed by atoms with Gasteiger partial charge in [-0.25, -0.2) is 4.98 Å². The summed E-state index contributed by atoms with van der Waals surface area (Å²) in [4.78, 5) is 4.00. The minimum atomic E-state index is -0.734. The van der Waals surface area contributed by atoms with Crippen LogP contribution < -0.4 is 5.32 Å². The van der Waals surface area contributed by atoms with Crippen molar-refractivity contribution in [2.75, 3.05) is 13.1 Å². The lowest BCUT2D eigenvalue weighted by atomic mass is 9.89. The number of rotatable bonds is 1. The number of β-amino-alcohol motifs (C(OH)–C–C–N with tert-alkyl or cyclic N) is 1. The summed E-state index contributed by atoms with van der Waals surface area (Å²) in [5.41, 5.74) is 1.01. The lowest BCUT2D eigenvalue weighted by molar-refractivity contribution is -0.0149. The van der Waals surface area contributed by atoms with E-state index in [9.17, 15) is 5.11 Å². The molecule has 1 aromatic heterocycles. The van der Waals surface area contributed by atoms with Crippen LogP contribution >= 0.6 is 11.6 Å². The van der Waals surface area contributed by atoms with Gasteiger partial charge in [0.05, 0.1) is 0 Å². The average Bonchev–Trinajstić information content (AvgIpc) is 2.06. The fourth-order valence-corrected chi connectivity index (χ4v) is 1.48. The molecular weight excluding hydrogens is 188 g/mol. The van der Waals surface area contributed by atoms with Crippen LogP contribution in [0.2, 0.25) is 5.15 Å². The Kier molecular flexibility index (Phi) is 2.02. The van der Waals surface area contributed by atoms with Crippen molar-refractivity contribution in [1.29, 1.82) is 0 Å². The van der Waals surface area contributed by atoms with E-state index < -0.39 is 5.60 Å². The minimum absolute atomic E-state index is 0.500. The van der Waals surface area contributed by atoms with Gasteiger partial charge in [-0.3, -0.25) is 0 Å². The van der Waals surface area contributed by atoms with Crippen molar-refractivity contribution in [3.63, 3.8) is 0 Å². The number of nitrogens with one attached hydrogen (secondary N) is 1. The molecule has 0 unspecified atom stereocenters. The van der Waals surface area contributed by atoms with E-state index in [0.717, 1.165) is 11.1 Å². The molecule has 2 N–H and O–H groups in total. The number of aryl methyl sites for hydroxylation is 1. The summed E-state index contributed by atoms with van der Waals surface area (Å²) < 4.78 is 0. The Labute approximate surface area is 81.8 Å². The Balaban J connectivity index is 2.36. The molecule has 3 nitrogen and oxygen atoms in total. The highest BCUT2D eigenvalue weighted by molar-refractivity contribution is 6.30. The van der Waals surface area contributed by atoms with Gasteiger partial charge in [0.2, 0.25) is 0 Å². The number of aromatic nitrogens is 1. The topological polar surface area (TPSA) is 45.1 Å². The number of hydrogen-bond acceptors (Lipinski definition) is 3. The van der Waals surface area contributed by atoms with Crippen molar-refractivity contribution in [2.45, 2.75) is 12.5 Å². The first-order chi connectivity index (χ1) is 6.12. The third-order valence-electron chi connectivity index (χ3n) is 2.39. The monoisotopic (exact) mass is 198 g/mol. The molecule has 4 heteroatoms. The number of halogens is 1. The van der Waals surface area contributed by atoms with Gasteiger partial charge in [-0.15, -0.1) is 0 Å². The summed E-state index contributed by atoms with van der Waals surface area (Å²) in [7, 11) is 0. The predicted molar refractivity (Wildman–Crippen MR) is 50.8 cm³/mol. The van der Waals surface area contributed by atoms with E-state index in [1.165, 1.54) is 0 Å². The SMILES string of the molecule is Cc1cc(C2(O)CNC2)cnc1Cl. The zero-order valence-corrected chi connectivity index (χ0v) is 8.10. The van der Waals surface area contributed by atoms with Gasteiger partial charge in [0.15, 0.2) is 0 Å². The molecule has 1 saturated heterocycles. The van der Waals surface area contributed by atoms with Crippen molar-refractivity contribution in [3.8, 4) is 0 Å². The summed E-state index contributed by atoms with van der Waals surface area (Å²) in [6, 6.07) is 1.89. The molecular formula is C9H11ClN2O. The third-order valence-corrected chi connectivity index (χ3v) is 2.78. The van der Waals surface area contributed by atoms with Crippen LogP contribution in [-0.2, 0) is 5.60 Å². The Hall–Kier alpha value is -0.640. The van der Waals surface area contributed by atoms with Crippen LogP contribution in [0.3, 0.4) is 0 Å². The Bertz CT molecular complexity index is 336. The van der Waals surface area contributed by atoms with Crippen LogP contribution in [0, 0.1) is 6.92 Å². The van der Waals surface area contributed by atoms with Crippen LogP contribution in [0.25, 0.3) is 0 Å². The highest BCUT2D eigenvalue weighted by Crippen LogP contribution is 2.26. The Morgan fingerprint density at radius 3 is 2.77 bits per heavy atom. The zero-order chi connectivity index (χ0) is 9.47. The van der Waals surface area contributed by atoms with E-state index in [-0.39, 0.29) is 0 Å². The highest BCUT2D eigenvalue weighted by atomic mass is 35.5. The van der Waals surface area contributed by atoms with Gasteiger partial charge in [0.1, 0.15) is 10.8 Å². The van der Waals surface area contributed by atoms with Gasteiger partial charge in [0.25, 0.3) is 0 Å². The van der Waals surface area contributed by atoms with Crippen molar-refractivity contribution in [1.82, 2.24) is 10.3 Å².